The van der Waals surface area contributed by atoms with Crippen LogP contribution in [0.1, 0.15) is 27.2 Å². The predicted octanol–water partition coefficient (Wildman–Crippen LogP) is 2.48. The number of sulfone groups is 1. The van der Waals surface area contributed by atoms with Gasteiger partial charge < -0.3 is 0 Å². The zero-order chi connectivity index (χ0) is 10.5. The molecule has 0 aliphatic heterocycles. The highest BCUT2D eigenvalue weighted by Gasteiger charge is 2.17. The van der Waals surface area contributed by atoms with E-state index in [2.05, 4.69) is 15.9 Å². The van der Waals surface area contributed by atoms with Crippen LogP contribution >= 0.6 is 15.9 Å². The van der Waals surface area contributed by atoms with Crippen molar-refractivity contribution >= 4 is 25.8 Å². The molecule has 0 bridgehead atoms. The minimum Gasteiger partial charge on any atom is -0.229 e. The minimum absolute atomic E-state index is 0.217. The van der Waals surface area contributed by atoms with Crippen molar-refractivity contribution in [2.45, 2.75) is 27.2 Å². The molecular weight excluding hydrogens is 252 g/mol. The van der Waals surface area contributed by atoms with Crippen molar-refractivity contribution in [2.75, 3.05) is 16.8 Å². The van der Waals surface area contributed by atoms with Crippen LogP contribution in [0, 0.1) is 11.8 Å². The smallest absolute Gasteiger partial charge is 0.150 e. The molecule has 2 atom stereocenters. The van der Waals surface area contributed by atoms with E-state index in [0.717, 1.165) is 11.8 Å². The lowest BCUT2D eigenvalue weighted by Gasteiger charge is -2.12. The lowest BCUT2D eigenvalue weighted by molar-refractivity contribution is 0.555. The summed E-state index contributed by atoms with van der Waals surface area (Å²) >= 11 is 3.29. The van der Waals surface area contributed by atoms with Gasteiger partial charge in [0.15, 0.2) is 9.84 Å². The minimum atomic E-state index is -2.83. The Morgan fingerprint density at radius 3 is 2.00 bits per heavy atom. The summed E-state index contributed by atoms with van der Waals surface area (Å²) in [6.07, 6.45) is 0.932. The molecule has 0 saturated carbocycles. The maximum Gasteiger partial charge on any atom is 0.150 e. The zero-order valence-corrected chi connectivity index (χ0v) is 11.0. The van der Waals surface area contributed by atoms with Crippen LogP contribution in [0.3, 0.4) is 0 Å². The quantitative estimate of drug-likeness (QED) is 0.695. The van der Waals surface area contributed by atoms with Crippen LogP contribution in [-0.4, -0.2) is 25.3 Å². The van der Waals surface area contributed by atoms with Gasteiger partial charge >= 0.3 is 0 Å². The van der Waals surface area contributed by atoms with E-state index in [1.165, 1.54) is 0 Å². The number of hydrogen-bond donors (Lipinski definition) is 0. The van der Waals surface area contributed by atoms with Crippen molar-refractivity contribution in [3.63, 3.8) is 0 Å². The van der Waals surface area contributed by atoms with E-state index in [1.54, 1.807) is 0 Å². The van der Waals surface area contributed by atoms with E-state index in [9.17, 15) is 8.42 Å². The molecule has 0 aliphatic carbocycles. The molecule has 80 valence electrons. The molecule has 0 aromatic carbocycles. The molecule has 0 rings (SSSR count). The van der Waals surface area contributed by atoms with Gasteiger partial charge in [-0.05, 0) is 11.8 Å². The summed E-state index contributed by atoms with van der Waals surface area (Å²) in [5.74, 6) is 1.14. The Balaban J connectivity index is 4.09. The van der Waals surface area contributed by atoms with Crippen LogP contribution < -0.4 is 0 Å². The van der Waals surface area contributed by atoms with Crippen LogP contribution in [-0.2, 0) is 9.84 Å². The summed E-state index contributed by atoms with van der Waals surface area (Å²) in [6.45, 7) is 5.95. The van der Waals surface area contributed by atoms with Gasteiger partial charge in [0, 0.05) is 5.33 Å². The van der Waals surface area contributed by atoms with Crippen LogP contribution in [0.5, 0.6) is 0 Å². The molecule has 0 fully saturated rings. The fraction of sp³-hybridized carbons (Fsp3) is 1.00. The highest BCUT2D eigenvalue weighted by atomic mass is 79.9. The second kappa shape index (κ2) is 6.02. The molecule has 0 aromatic rings. The Labute approximate surface area is 90.2 Å². The third-order valence-corrected chi connectivity index (χ3v) is 5.30. The largest absolute Gasteiger partial charge is 0.229 e. The third-order valence-electron chi connectivity index (χ3n) is 2.04. The Bertz CT molecular complexity index is 206. The Morgan fingerprint density at radius 2 is 1.62 bits per heavy atom. The van der Waals surface area contributed by atoms with Crippen LogP contribution in [0.4, 0.5) is 0 Å². The number of halogens is 1. The van der Waals surface area contributed by atoms with Crippen LogP contribution in [0.2, 0.25) is 0 Å². The van der Waals surface area contributed by atoms with E-state index in [1.807, 2.05) is 20.8 Å². The molecule has 0 heterocycles. The molecule has 0 spiro atoms. The second-order valence-electron chi connectivity index (χ2n) is 3.85. The first-order valence-electron chi connectivity index (χ1n) is 4.67. The molecule has 4 heteroatoms. The maximum atomic E-state index is 11.5. The number of rotatable bonds is 6. The highest BCUT2D eigenvalue weighted by molar-refractivity contribution is 9.09. The number of hydrogen-bond acceptors (Lipinski definition) is 2. The maximum absolute atomic E-state index is 11.5. The van der Waals surface area contributed by atoms with Gasteiger partial charge in [-0.15, -0.1) is 0 Å². The molecule has 0 radical (unpaired) electrons. The molecule has 0 aliphatic rings. The van der Waals surface area contributed by atoms with Gasteiger partial charge in [-0.25, -0.2) is 8.42 Å². The van der Waals surface area contributed by atoms with Gasteiger partial charge in [-0.3, -0.25) is 0 Å². The normalized spacial score (nSPS) is 16.9. The monoisotopic (exact) mass is 270 g/mol. The lowest BCUT2D eigenvalue weighted by Crippen LogP contribution is -2.21. The van der Waals surface area contributed by atoms with Gasteiger partial charge in [0.1, 0.15) is 0 Å². The van der Waals surface area contributed by atoms with Crippen molar-refractivity contribution in [1.29, 1.82) is 0 Å². The van der Waals surface area contributed by atoms with Crippen molar-refractivity contribution in [1.82, 2.24) is 0 Å². The van der Waals surface area contributed by atoms with Gasteiger partial charge in [0.05, 0.1) is 11.5 Å². The number of alkyl halides is 1. The SMILES string of the molecule is CCC(C)CS(=O)(=O)CC(C)CBr. The molecular formula is C9H19BrO2S. The average Bonchev–Trinajstić information content (AvgIpc) is 2.02. The summed E-state index contributed by atoms with van der Waals surface area (Å²) in [6, 6.07) is 0. The highest BCUT2D eigenvalue weighted by Crippen LogP contribution is 2.10. The fourth-order valence-electron chi connectivity index (χ4n) is 1.10. The van der Waals surface area contributed by atoms with Crippen molar-refractivity contribution in [3.05, 3.63) is 0 Å². The summed E-state index contributed by atoms with van der Waals surface area (Å²) in [5, 5.41) is 0.757. The molecule has 13 heavy (non-hydrogen) atoms. The van der Waals surface area contributed by atoms with Gasteiger partial charge in [0.2, 0.25) is 0 Å². The topological polar surface area (TPSA) is 34.1 Å². The van der Waals surface area contributed by atoms with Gasteiger partial charge in [-0.2, -0.15) is 0 Å². The standard InChI is InChI=1S/C9H19BrO2S/c1-4-8(2)6-13(11,12)7-9(3)5-10/h8-9H,4-7H2,1-3H3. The predicted molar refractivity (Wildman–Crippen MR) is 61.1 cm³/mol. The molecule has 0 saturated heterocycles. The molecule has 0 amide bonds. The van der Waals surface area contributed by atoms with E-state index < -0.39 is 9.84 Å². The Morgan fingerprint density at radius 1 is 1.15 bits per heavy atom. The van der Waals surface area contributed by atoms with Gasteiger partial charge in [0.25, 0.3) is 0 Å². The van der Waals surface area contributed by atoms with Gasteiger partial charge in [-0.1, -0.05) is 43.1 Å². The molecule has 2 nitrogen and oxygen atoms in total. The molecule has 0 N–H and O–H groups in total. The van der Waals surface area contributed by atoms with Crippen LogP contribution in [0.25, 0.3) is 0 Å². The summed E-state index contributed by atoms with van der Waals surface area (Å²) in [4.78, 5) is 0. The van der Waals surface area contributed by atoms with Crippen molar-refractivity contribution in [3.8, 4) is 0 Å². The zero-order valence-electron chi connectivity index (χ0n) is 8.59. The third kappa shape index (κ3) is 6.49. The van der Waals surface area contributed by atoms with Crippen molar-refractivity contribution in [2.24, 2.45) is 11.8 Å². The van der Waals surface area contributed by atoms with Crippen molar-refractivity contribution < 1.29 is 8.42 Å². The summed E-state index contributed by atoms with van der Waals surface area (Å²) in [5.41, 5.74) is 0. The van der Waals surface area contributed by atoms with E-state index in [4.69, 9.17) is 0 Å². The van der Waals surface area contributed by atoms with E-state index >= 15 is 0 Å². The van der Waals surface area contributed by atoms with E-state index in [-0.39, 0.29) is 11.8 Å². The Hall–Kier alpha value is 0.430. The van der Waals surface area contributed by atoms with E-state index in [0.29, 0.717) is 11.5 Å². The van der Waals surface area contributed by atoms with Crippen LogP contribution in [0.15, 0.2) is 0 Å². The summed E-state index contributed by atoms with van der Waals surface area (Å²) < 4.78 is 23.1. The molecule has 0 aromatic heterocycles. The lowest BCUT2D eigenvalue weighted by atomic mass is 10.2. The average molecular weight is 271 g/mol. The second-order valence-corrected chi connectivity index (χ2v) is 6.65. The first-order valence-corrected chi connectivity index (χ1v) is 7.62. The summed E-state index contributed by atoms with van der Waals surface area (Å²) in [7, 11) is -2.83. The molecule has 2 unspecified atom stereocenters. The Kier molecular flexibility index (Phi) is 6.21. The first kappa shape index (κ1) is 13.4. The first-order chi connectivity index (χ1) is 5.91. The fourth-order valence-corrected chi connectivity index (χ4v) is 3.85.